The largest absolute Gasteiger partial charge is 0.396 e. The average Bonchev–Trinajstić information content (AvgIpc) is 2.03. The van der Waals surface area contributed by atoms with Crippen LogP contribution in [0.3, 0.4) is 0 Å². The normalized spacial score (nSPS) is 24.0. The highest BCUT2D eigenvalue weighted by molar-refractivity contribution is 4.92. The standard InChI is InChI=1S/C11H23NO/c1-4-10-8-12(9-10)11(3,5-2)6-7-13/h10,13H,4-9H2,1-3H3. The summed E-state index contributed by atoms with van der Waals surface area (Å²) in [5.41, 5.74) is 0.250. The molecule has 1 aliphatic heterocycles. The SMILES string of the molecule is CCC1CN(C(C)(CC)CCO)C1. The Labute approximate surface area is 81.9 Å². The quantitative estimate of drug-likeness (QED) is 0.707. The van der Waals surface area contributed by atoms with Crippen molar-refractivity contribution < 1.29 is 5.11 Å². The van der Waals surface area contributed by atoms with Crippen molar-refractivity contribution in [2.45, 2.75) is 45.6 Å². The number of rotatable bonds is 5. The van der Waals surface area contributed by atoms with Crippen molar-refractivity contribution in [1.82, 2.24) is 4.90 Å². The molecule has 13 heavy (non-hydrogen) atoms. The molecule has 1 unspecified atom stereocenters. The Morgan fingerprint density at radius 2 is 2.00 bits per heavy atom. The van der Waals surface area contributed by atoms with Crippen LogP contribution in [0.15, 0.2) is 0 Å². The summed E-state index contributed by atoms with van der Waals surface area (Å²) >= 11 is 0. The van der Waals surface area contributed by atoms with E-state index in [1.807, 2.05) is 0 Å². The van der Waals surface area contributed by atoms with Gasteiger partial charge in [-0.05, 0) is 25.7 Å². The van der Waals surface area contributed by atoms with Gasteiger partial charge in [-0.15, -0.1) is 0 Å². The van der Waals surface area contributed by atoms with Crippen molar-refractivity contribution in [3.63, 3.8) is 0 Å². The van der Waals surface area contributed by atoms with Gasteiger partial charge in [-0.25, -0.2) is 0 Å². The van der Waals surface area contributed by atoms with Crippen LogP contribution in [0.25, 0.3) is 0 Å². The van der Waals surface area contributed by atoms with Crippen LogP contribution in [-0.4, -0.2) is 35.2 Å². The molecule has 78 valence electrons. The van der Waals surface area contributed by atoms with Gasteiger partial charge in [-0.2, -0.15) is 0 Å². The predicted octanol–water partition coefficient (Wildman–Crippen LogP) is 1.88. The summed E-state index contributed by atoms with van der Waals surface area (Å²) in [6.07, 6.45) is 3.36. The van der Waals surface area contributed by atoms with Gasteiger partial charge in [0.2, 0.25) is 0 Å². The van der Waals surface area contributed by atoms with Gasteiger partial charge in [0.25, 0.3) is 0 Å². The van der Waals surface area contributed by atoms with Crippen molar-refractivity contribution in [3.8, 4) is 0 Å². The minimum Gasteiger partial charge on any atom is -0.396 e. The zero-order valence-corrected chi connectivity index (χ0v) is 9.21. The van der Waals surface area contributed by atoms with Crippen LogP contribution in [0, 0.1) is 5.92 Å². The molecule has 0 amide bonds. The minimum absolute atomic E-state index is 0.250. The summed E-state index contributed by atoms with van der Waals surface area (Å²) in [6, 6.07) is 0. The Morgan fingerprint density at radius 3 is 2.38 bits per heavy atom. The summed E-state index contributed by atoms with van der Waals surface area (Å²) in [5, 5.41) is 9.00. The molecule has 1 rings (SSSR count). The predicted molar refractivity (Wildman–Crippen MR) is 55.8 cm³/mol. The minimum atomic E-state index is 0.250. The van der Waals surface area contributed by atoms with E-state index in [1.54, 1.807) is 0 Å². The Hall–Kier alpha value is -0.0800. The third-order valence-electron chi connectivity index (χ3n) is 3.71. The number of aliphatic hydroxyl groups is 1. The molecule has 1 aliphatic rings. The van der Waals surface area contributed by atoms with Gasteiger partial charge >= 0.3 is 0 Å². The maximum absolute atomic E-state index is 9.00. The maximum Gasteiger partial charge on any atom is 0.0448 e. The molecule has 2 nitrogen and oxygen atoms in total. The van der Waals surface area contributed by atoms with Crippen molar-refractivity contribution in [2.75, 3.05) is 19.7 Å². The van der Waals surface area contributed by atoms with E-state index in [-0.39, 0.29) is 5.54 Å². The molecule has 1 heterocycles. The first-order valence-electron chi connectivity index (χ1n) is 5.52. The van der Waals surface area contributed by atoms with E-state index >= 15 is 0 Å². The van der Waals surface area contributed by atoms with Gasteiger partial charge in [-0.3, -0.25) is 4.90 Å². The van der Waals surface area contributed by atoms with Crippen molar-refractivity contribution >= 4 is 0 Å². The maximum atomic E-state index is 9.00. The highest BCUT2D eigenvalue weighted by atomic mass is 16.3. The Balaban J connectivity index is 2.40. The zero-order chi connectivity index (χ0) is 9.90. The average molecular weight is 185 g/mol. The Bertz CT molecular complexity index is 154. The van der Waals surface area contributed by atoms with Gasteiger partial charge < -0.3 is 5.11 Å². The summed E-state index contributed by atoms with van der Waals surface area (Å²) in [7, 11) is 0. The number of hydrogen-bond donors (Lipinski definition) is 1. The van der Waals surface area contributed by atoms with E-state index in [1.165, 1.54) is 19.5 Å². The van der Waals surface area contributed by atoms with Crippen LogP contribution in [0.1, 0.15) is 40.0 Å². The topological polar surface area (TPSA) is 23.5 Å². The van der Waals surface area contributed by atoms with Gasteiger partial charge in [0, 0.05) is 25.2 Å². The second-order valence-corrected chi connectivity index (χ2v) is 4.50. The molecule has 1 fully saturated rings. The first-order chi connectivity index (χ1) is 6.16. The molecule has 0 aliphatic carbocycles. The lowest BCUT2D eigenvalue weighted by atomic mass is 9.85. The number of hydrogen-bond acceptors (Lipinski definition) is 2. The van der Waals surface area contributed by atoms with Crippen LogP contribution in [-0.2, 0) is 0 Å². The summed E-state index contributed by atoms with van der Waals surface area (Å²) in [4.78, 5) is 2.53. The van der Waals surface area contributed by atoms with Gasteiger partial charge in [0.1, 0.15) is 0 Å². The Kier molecular flexibility index (Phi) is 3.74. The second-order valence-electron chi connectivity index (χ2n) is 4.50. The van der Waals surface area contributed by atoms with E-state index in [0.29, 0.717) is 6.61 Å². The fraction of sp³-hybridized carbons (Fsp3) is 1.00. The summed E-state index contributed by atoms with van der Waals surface area (Å²) in [6.45, 7) is 9.54. The van der Waals surface area contributed by atoms with Crippen molar-refractivity contribution in [2.24, 2.45) is 5.92 Å². The van der Waals surface area contributed by atoms with Crippen LogP contribution in [0.2, 0.25) is 0 Å². The van der Waals surface area contributed by atoms with Crippen LogP contribution in [0.4, 0.5) is 0 Å². The van der Waals surface area contributed by atoms with E-state index in [0.717, 1.165) is 18.8 Å². The molecule has 0 aromatic carbocycles. The highest BCUT2D eigenvalue weighted by Crippen LogP contribution is 2.32. The van der Waals surface area contributed by atoms with Crippen LogP contribution >= 0.6 is 0 Å². The van der Waals surface area contributed by atoms with Gasteiger partial charge in [0.15, 0.2) is 0 Å². The van der Waals surface area contributed by atoms with Crippen molar-refractivity contribution in [1.29, 1.82) is 0 Å². The fourth-order valence-corrected chi connectivity index (χ4v) is 2.07. The molecule has 0 spiro atoms. The van der Waals surface area contributed by atoms with Crippen LogP contribution in [0.5, 0.6) is 0 Å². The van der Waals surface area contributed by atoms with Gasteiger partial charge in [-0.1, -0.05) is 20.3 Å². The number of aliphatic hydroxyl groups excluding tert-OH is 1. The third kappa shape index (κ3) is 2.23. The van der Waals surface area contributed by atoms with Crippen LogP contribution < -0.4 is 0 Å². The zero-order valence-electron chi connectivity index (χ0n) is 9.21. The van der Waals surface area contributed by atoms with E-state index in [9.17, 15) is 0 Å². The lowest BCUT2D eigenvalue weighted by molar-refractivity contribution is -0.0224. The molecular formula is C11H23NO. The highest BCUT2D eigenvalue weighted by Gasteiger charge is 2.37. The lowest BCUT2D eigenvalue weighted by Gasteiger charge is -2.50. The molecule has 1 atom stereocenters. The fourth-order valence-electron chi connectivity index (χ4n) is 2.07. The molecule has 0 aromatic rings. The first kappa shape index (κ1) is 11.0. The summed E-state index contributed by atoms with van der Waals surface area (Å²) < 4.78 is 0. The van der Waals surface area contributed by atoms with Gasteiger partial charge in [0.05, 0.1) is 0 Å². The summed E-state index contributed by atoms with van der Waals surface area (Å²) in [5.74, 6) is 0.907. The van der Waals surface area contributed by atoms with E-state index < -0.39 is 0 Å². The molecular weight excluding hydrogens is 162 g/mol. The first-order valence-corrected chi connectivity index (χ1v) is 5.52. The Morgan fingerprint density at radius 1 is 1.38 bits per heavy atom. The smallest absolute Gasteiger partial charge is 0.0448 e. The molecule has 1 saturated heterocycles. The number of nitrogens with zero attached hydrogens (tertiary/aromatic N) is 1. The molecule has 0 radical (unpaired) electrons. The lowest BCUT2D eigenvalue weighted by Crippen LogP contribution is -2.58. The second kappa shape index (κ2) is 4.43. The van der Waals surface area contributed by atoms with Crippen molar-refractivity contribution in [3.05, 3.63) is 0 Å². The third-order valence-corrected chi connectivity index (χ3v) is 3.71. The molecule has 0 bridgehead atoms. The molecule has 0 aromatic heterocycles. The van der Waals surface area contributed by atoms with E-state index in [4.69, 9.17) is 5.11 Å². The molecule has 2 heteroatoms. The molecule has 0 saturated carbocycles. The monoisotopic (exact) mass is 185 g/mol. The molecule has 1 N–H and O–H groups in total. The number of likely N-dealkylation sites (tertiary alicyclic amines) is 1. The van der Waals surface area contributed by atoms with E-state index in [2.05, 4.69) is 25.7 Å².